The number of halogens is 2. The maximum atomic E-state index is 12.5. The van der Waals surface area contributed by atoms with Crippen molar-refractivity contribution in [2.24, 2.45) is 5.73 Å². The first-order valence-electron chi connectivity index (χ1n) is 6.11. The highest BCUT2D eigenvalue weighted by Gasteiger charge is 2.18. The lowest BCUT2D eigenvalue weighted by Crippen LogP contribution is -2.15. The summed E-state index contributed by atoms with van der Waals surface area (Å²) in [7, 11) is -3.69. The summed E-state index contributed by atoms with van der Waals surface area (Å²) in [6, 6.07) is 9.99. The number of nitrogens with two attached hydrogens (primary N) is 1. The van der Waals surface area contributed by atoms with Crippen molar-refractivity contribution in [1.82, 2.24) is 0 Å². The van der Waals surface area contributed by atoms with E-state index in [0.717, 1.165) is 5.56 Å². The molecule has 112 valence electrons. The average Bonchev–Trinajstić information content (AvgIpc) is 2.42. The molecule has 0 aliphatic rings. The molecule has 3 N–H and O–H groups in total. The third kappa shape index (κ3) is 3.77. The van der Waals surface area contributed by atoms with Gasteiger partial charge in [0.1, 0.15) is 0 Å². The summed E-state index contributed by atoms with van der Waals surface area (Å²) in [5.74, 6) is 0. The van der Waals surface area contributed by atoms with E-state index in [1.165, 1.54) is 0 Å². The second-order valence-corrected chi connectivity index (χ2v) is 7.48. The van der Waals surface area contributed by atoms with Gasteiger partial charge in [0.15, 0.2) is 0 Å². The number of hydrogen-bond acceptors (Lipinski definition) is 3. The molecule has 7 heteroatoms. The largest absolute Gasteiger partial charge is 0.326 e. The minimum atomic E-state index is -3.69. The molecule has 2 rings (SSSR count). The van der Waals surface area contributed by atoms with Crippen molar-refractivity contribution in [3.63, 3.8) is 0 Å². The zero-order valence-electron chi connectivity index (χ0n) is 11.2. The molecule has 0 unspecified atom stereocenters. The molecule has 2 aromatic rings. The molecule has 0 spiro atoms. The number of hydrogen-bond donors (Lipinski definition) is 2. The van der Waals surface area contributed by atoms with Crippen LogP contribution in [0.4, 0.5) is 5.69 Å². The summed E-state index contributed by atoms with van der Waals surface area (Å²) in [6.45, 7) is 2.03. The first-order valence-corrected chi connectivity index (χ1v) is 8.76. The van der Waals surface area contributed by atoms with Gasteiger partial charge >= 0.3 is 0 Å². The fourth-order valence-electron chi connectivity index (χ4n) is 1.83. The molecule has 0 heterocycles. The minimum Gasteiger partial charge on any atom is -0.326 e. The zero-order valence-corrected chi connectivity index (χ0v) is 14.4. The van der Waals surface area contributed by atoms with Crippen LogP contribution in [-0.4, -0.2) is 8.42 Å². The van der Waals surface area contributed by atoms with Crippen LogP contribution in [0.5, 0.6) is 0 Å². The van der Waals surface area contributed by atoms with Crippen molar-refractivity contribution in [2.75, 3.05) is 4.72 Å². The van der Waals surface area contributed by atoms with E-state index >= 15 is 0 Å². The van der Waals surface area contributed by atoms with Gasteiger partial charge < -0.3 is 5.73 Å². The van der Waals surface area contributed by atoms with E-state index in [4.69, 9.17) is 17.3 Å². The topological polar surface area (TPSA) is 72.2 Å². The van der Waals surface area contributed by atoms with Crippen LogP contribution in [0.1, 0.15) is 11.1 Å². The Hall–Kier alpha value is -1.08. The van der Waals surface area contributed by atoms with Crippen LogP contribution in [0.3, 0.4) is 0 Å². The summed E-state index contributed by atoms with van der Waals surface area (Å²) < 4.78 is 28.2. The molecule has 0 fully saturated rings. The summed E-state index contributed by atoms with van der Waals surface area (Å²) in [6.07, 6.45) is 0. The highest BCUT2D eigenvalue weighted by Crippen LogP contribution is 2.28. The van der Waals surface area contributed by atoms with E-state index < -0.39 is 10.0 Å². The van der Waals surface area contributed by atoms with Gasteiger partial charge in [0, 0.05) is 16.0 Å². The van der Waals surface area contributed by atoms with Gasteiger partial charge in [-0.3, -0.25) is 4.72 Å². The minimum absolute atomic E-state index is 0.215. The van der Waals surface area contributed by atoms with Gasteiger partial charge in [0.25, 0.3) is 10.0 Å². The Balaban J connectivity index is 2.43. The maximum absolute atomic E-state index is 12.5. The average molecular weight is 390 g/mol. The number of anilines is 1. The normalized spacial score (nSPS) is 11.4. The van der Waals surface area contributed by atoms with Crippen LogP contribution in [0, 0.1) is 6.92 Å². The third-order valence-corrected chi connectivity index (χ3v) is 5.35. The van der Waals surface area contributed by atoms with Gasteiger partial charge in [-0.15, -0.1) is 0 Å². The van der Waals surface area contributed by atoms with Gasteiger partial charge in [0.2, 0.25) is 0 Å². The Morgan fingerprint density at radius 3 is 2.57 bits per heavy atom. The highest BCUT2D eigenvalue weighted by atomic mass is 79.9. The number of nitrogens with one attached hydrogen (secondary N) is 1. The number of aryl methyl sites for hydroxylation is 1. The molecule has 0 aromatic heterocycles. The summed E-state index contributed by atoms with van der Waals surface area (Å²) in [4.78, 5) is 0.215. The molecule has 0 aliphatic carbocycles. The van der Waals surface area contributed by atoms with E-state index in [-0.39, 0.29) is 11.4 Å². The maximum Gasteiger partial charge on any atom is 0.262 e. The highest BCUT2D eigenvalue weighted by molar-refractivity contribution is 9.10. The van der Waals surface area contributed by atoms with Crippen LogP contribution < -0.4 is 10.5 Å². The van der Waals surface area contributed by atoms with Crippen LogP contribution in [0.25, 0.3) is 0 Å². The quantitative estimate of drug-likeness (QED) is 0.838. The van der Waals surface area contributed by atoms with Crippen molar-refractivity contribution in [3.05, 3.63) is 57.0 Å². The van der Waals surface area contributed by atoms with Gasteiger partial charge in [-0.25, -0.2) is 8.42 Å². The Labute approximate surface area is 137 Å². The predicted molar refractivity (Wildman–Crippen MR) is 89.0 cm³/mol. The number of rotatable bonds is 4. The SMILES string of the molecule is Cc1ccc(CN)cc1S(=O)(=O)Nc1ccc(Cl)cc1Br. The molecule has 0 atom stereocenters. The van der Waals surface area contributed by atoms with E-state index in [2.05, 4.69) is 20.7 Å². The standard InChI is InChI=1S/C14H14BrClN2O2S/c1-9-2-3-10(8-17)6-14(9)21(19,20)18-13-5-4-11(16)7-12(13)15/h2-7,18H,8,17H2,1H3. The molecular formula is C14H14BrClN2O2S. The van der Waals surface area contributed by atoms with Crippen LogP contribution in [0.15, 0.2) is 45.8 Å². The van der Waals surface area contributed by atoms with Gasteiger partial charge in [0.05, 0.1) is 10.6 Å². The van der Waals surface area contributed by atoms with Crippen molar-refractivity contribution in [1.29, 1.82) is 0 Å². The van der Waals surface area contributed by atoms with Crippen LogP contribution in [-0.2, 0) is 16.6 Å². The van der Waals surface area contributed by atoms with E-state index in [0.29, 0.717) is 20.7 Å². The fourth-order valence-corrected chi connectivity index (χ4v) is 4.12. The number of sulfonamides is 1. The fraction of sp³-hybridized carbons (Fsp3) is 0.143. The first kappa shape index (κ1) is 16.3. The zero-order chi connectivity index (χ0) is 15.6. The molecule has 0 radical (unpaired) electrons. The molecule has 2 aromatic carbocycles. The summed E-state index contributed by atoms with van der Waals surface area (Å²) in [5.41, 5.74) is 7.41. The van der Waals surface area contributed by atoms with Crippen molar-refractivity contribution in [2.45, 2.75) is 18.4 Å². The smallest absolute Gasteiger partial charge is 0.262 e. The summed E-state index contributed by atoms with van der Waals surface area (Å²) >= 11 is 9.14. The van der Waals surface area contributed by atoms with Gasteiger partial charge in [-0.1, -0.05) is 23.7 Å². The Morgan fingerprint density at radius 1 is 1.24 bits per heavy atom. The third-order valence-electron chi connectivity index (χ3n) is 2.95. The van der Waals surface area contributed by atoms with E-state index in [1.807, 2.05) is 6.07 Å². The molecule has 4 nitrogen and oxygen atoms in total. The lowest BCUT2D eigenvalue weighted by Gasteiger charge is -2.13. The molecule has 0 aliphatic heterocycles. The molecule has 0 saturated heterocycles. The molecular weight excluding hydrogens is 376 g/mol. The van der Waals surface area contributed by atoms with Crippen molar-refractivity contribution in [3.8, 4) is 0 Å². The summed E-state index contributed by atoms with van der Waals surface area (Å²) in [5, 5.41) is 0.520. The van der Waals surface area contributed by atoms with E-state index in [9.17, 15) is 8.42 Å². The lowest BCUT2D eigenvalue weighted by molar-refractivity contribution is 0.600. The Kier molecular flexibility index (Phi) is 4.93. The predicted octanol–water partition coefficient (Wildman–Crippen LogP) is 3.67. The molecule has 0 saturated carbocycles. The molecule has 21 heavy (non-hydrogen) atoms. The van der Waals surface area contributed by atoms with Crippen molar-refractivity contribution < 1.29 is 8.42 Å². The van der Waals surface area contributed by atoms with Crippen LogP contribution >= 0.6 is 27.5 Å². The van der Waals surface area contributed by atoms with Crippen LogP contribution in [0.2, 0.25) is 5.02 Å². The van der Waals surface area contributed by atoms with E-state index in [1.54, 1.807) is 37.3 Å². The first-order chi connectivity index (χ1) is 9.83. The second kappa shape index (κ2) is 6.36. The Bertz CT molecular complexity index is 779. The van der Waals surface area contributed by atoms with Gasteiger partial charge in [-0.2, -0.15) is 0 Å². The molecule has 0 bridgehead atoms. The Morgan fingerprint density at radius 2 is 1.95 bits per heavy atom. The van der Waals surface area contributed by atoms with Crippen molar-refractivity contribution >= 4 is 43.2 Å². The molecule has 0 amide bonds. The lowest BCUT2D eigenvalue weighted by atomic mass is 10.1. The second-order valence-electron chi connectivity index (χ2n) is 4.53. The van der Waals surface area contributed by atoms with Gasteiger partial charge in [-0.05, 0) is 58.2 Å². The monoisotopic (exact) mass is 388 g/mol. The number of benzene rings is 2.